The Morgan fingerprint density at radius 3 is 2.62 bits per heavy atom. The maximum absolute atomic E-state index is 12.4. The maximum Gasteiger partial charge on any atom is 0.296 e. The van der Waals surface area contributed by atoms with Gasteiger partial charge in [-0.15, -0.1) is 0 Å². The number of hydrogen-bond donors (Lipinski definition) is 0. The second-order valence-corrected chi connectivity index (χ2v) is 10.7. The topological polar surface area (TPSA) is 43.4 Å². The van der Waals surface area contributed by atoms with Gasteiger partial charge in [0.25, 0.3) is 10.1 Å². The van der Waals surface area contributed by atoms with E-state index in [-0.39, 0.29) is 11.5 Å². The van der Waals surface area contributed by atoms with Crippen LogP contribution in [0.3, 0.4) is 0 Å². The highest BCUT2D eigenvalue weighted by atomic mass is 32.2. The van der Waals surface area contributed by atoms with Gasteiger partial charge >= 0.3 is 0 Å². The van der Waals surface area contributed by atoms with Crippen LogP contribution in [0.4, 0.5) is 0 Å². The number of aryl methyl sites for hydroxylation is 2. The molecular weight excluding hydrogens is 380 g/mol. The van der Waals surface area contributed by atoms with Crippen molar-refractivity contribution in [1.82, 2.24) is 0 Å². The van der Waals surface area contributed by atoms with E-state index in [9.17, 15) is 8.42 Å². The van der Waals surface area contributed by atoms with E-state index >= 15 is 0 Å². The van der Waals surface area contributed by atoms with Crippen molar-refractivity contribution in [3.63, 3.8) is 0 Å². The van der Waals surface area contributed by atoms with Crippen molar-refractivity contribution in [3.05, 3.63) is 65.2 Å². The molecule has 2 aromatic rings. The molecule has 2 aliphatic carbocycles. The lowest BCUT2D eigenvalue weighted by molar-refractivity contribution is 0.0555. The fourth-order valence-corrected chi connectivity index (χ4v) is 6.60. The highest BCUT2D eigenvalue weighted by molar-refractivity contribution is 7.86. The predicted molar refractivity (Wildman–Crippen MR) is 117 cm³/mol. The summed E-state index contributed by atoms with van der Waals surface area (Å²) in [6, 6.07) is 15.8. The molecule has 0 N–H and O–H groups in total. The van der Waals surface area contributed by atoms with E-state index in [0.29, 0.717) is 17.3 Å². The van der Waals surface area contributed by atoms with E-state index in [2.05, 4.69) is 31.2 Å². The quantitative estimate of drug-likeness (QED) is 0.430. The molecule has 0 aliphatic heterocycles. The zero-order valence-corrected chi connectivity index (χ0v) is 18.4. The van der Waals surface area contributed by atoms with E-state index in [1.807, 2.05) is 6.92 Å². The van der Waals surface area contributed by atoms with Crippen LogP contribution in [0, 0.1) is 18.3 Å². The van der Waals surface area contributed by atoms with Crippen molar-refractivity contribution in [1.29, 1.82) is 0 Å². The molecule has 0 amide bonds. The molecule has 2 aliphatic rings. The first-order valence-electron chi connectivity index (χ1n) is 10.9. The van der Waals surface area contributed by atoms with Crippen molar-refractivity contribution >= 4 is 10.1 Å². The molecule has 2 aromatic carbocycles. The van der Waals surface area contributed by atoms with Gasteiger partial charge in [-0.2, -0.15) is 8.42 Å². The highest BCUT2D eigenvalue weighted by Gasteiger charge is 2.46. The standard InChI is InChI=1S/C25H32O3S/c1-19-12-14-22(15-13-19)29(26,27)28-18-6-9-21-8-5-11-24-23-10-4-3-7-20(23)16-17-25(21,24)2/h3-4,7,10,12-15,21,24H,5-6,8-9,11,16-18H2,1-2H3. The average Bonchev–Trinajstić information content (AvgIpc) is 2.71. The summed E-state index contributed by atoms with van der Waals surface area (Å²) in [7, 11) is -3.66. The second-order valence-electron chi connectivity index (χ2n) is 9.12. The Kier molecular flexibility index (Phi) is 5.85. The van der Waals surface area contributed by atoms with Crippen LogP contribution < -0.4 is 0 Å². The summed E-state index contributed by atoms with van der Waals surface area (Å²) in [5, 5.41) is 0. The Morgan fingerprint density at radius 1 is 1.07 bits per heavy atom. The number of rotatable bonds is 6. The first kappa shape index (κ1) is 20.6. The van der Waals surface area contributed by atoms with Gasteiger partial charge in [-0.3, -0.25) is 4.18 Å². The molecule has 4 heteroatoms. The Hall–Kier alpha value is -1.65. The average molecular weight is 413 g/mol. The maximum atomic E-state index is 12.4. The minimum absolute atomic E-state index is 0.247. The molecule has 3 nitrogen and oxygen atoms in total. The van der Waals surface area contributed by atoms with Crippen LogP contribution in [0.2, 0.25) is 0 Å². The minimum Gasteiger partial charge on any atom is -0.266 e. The molecule has 1 saturated carbocycles. The largest absolute Gasteiger partial charge is 0.296 e. The highest BCUT2D eigenvalue weighted by Crippen LogP contribution is 2.57. The van der Waals surface area contributed by atoms with Gasteiger partial charge < -0.3 is 0 Å². The summed E-state index contributed by atoms with van der Waals surface area (Å²) in [5.74, 6) is 1.28. The molecule has 0 heterocycles. The van der Waals surface area contributed by atoms with Gasteiger partial charge in [-0.1, -0.05) is 55.3 Å². The third-order valence-electron chi connectivity index (χ3n) is 7.38. The van der Waals surface area contributed by atoms with Crippen LogP contribution in [0.5, 0.6) is 0 Å². The van der Waals surface area contributed by atoms with Crippen LogP contribution in [0.15, 0.2) is 53.4 Å². The summed E-state index contributed by atoms with van der Waals surface area (Å²) in [6.07, 6.45) is 8.03. The summed E-state index contributed by atoms with van der Waals surface area (Å²) >= 11 is 0. The first-order chi connectivity index (χ1) is 13.9. The van der Waals surface area contributed by atoms with E-state index in [1.54, 1.807) is 29.8 Å². The van der Waals surface area contributed by atoms with Gasteiger partial charge in [-0.05, 0) is 86.0 Å². The Labute approximate surface area is 175 Å². The van der Waals surface area contributed by atoms with Gasteiger partial charge in [0, 0.05) is 0 Å². The minimum atomic E-state index is -3.66. The van der Waals surface area contributed by atoms with Crippen LogP contribution >= 0.6 is 0 Å². The molecule has 3 unspecified atom stereocenters. The molecule has 3 atom stereocenters. The van der Waals surface area contributed by atoms with E-state index in [0.717, 1.165) is 24.8 Å². The predicted octanol–water partition coefficient (Wildman–Crippen LogP) is 6.02. The van der Waals surface area contributed by atoms with Crippen molar-refractivity contribution in [2.45, 2.75) is 69.6 Å². The summed E-state index contributed by atoms with van der Waals surface area (Å²) in [6.45, 7) is 4.68. The smallest absolute Gasteiger partial charge is 0.266 e. The van der Waals surface area contributed by atoms with Gasteiger partial charge in [-0.25, -0.2) is 0 Å². The summed E-state index contributed by atoms with van der Waals surface area (Å²) in [5.41, 5.74) is 4.45. The van der Waals surface area contributed by atoms with Crippen LogP contribution in [-0.2, 0) is 20.7 Å². The van der Waals surface area contributed by atoms with Crippen molar-refractivity contribution in [2.24, 2.45) is 11.3 Å². The third-order valence-corrected chi connectivity index (χ3v) is 8.71. The second kappa shape index (κ2) is 8.23. The molecule has 0 saturated heterocycles. The lowest BCUT2D eigenvalue weighted by atomic mass is 9.53. The molecular formula is C25H32O3S. The normalized spacial score (nSPS) is 26.6. The number of benzene rings is 2. The van der Waals surface area contributed by atoms with E-state index < -0.39 is 10.1 Å². The fourth-order valence-electron chi connectivity index (χ4n) is 5.65. The monoisotopic (exact) mass is 412 g/mol. The summed E-state index contributed by atoms with van der Waals surface area (Å²) < 4.78 is 30.1. The zero-order chi connectivity index (χ0) is 20.5. The fraction of sp³-hybridized carbons (Fsp3) is 0.520. The number of fused-ring (bicyclic) bond motifs is 3. The molecule has 4 rings (SSSR count). The van der Waals surface area contributed by atoms with Crippen LogP contribution in [0.25, 0.3) is 0 Å². The third kappa shape index (κ3) is 4.15. The SMILES string of the molecule is Cc1ccc(S(=O)(=O)OCCCC2CCCC3c4ccccc4CCC23C)cc1. The molecule has 156 valence electrons. The molecule has 0 bridgehead atoms. The Bertz CT molecular complexity index is 948. The van der Waals surface area contributed by atoms with Crippen LogP contribution in [-0.4, -0.2) is 15.0 Å². The van der Waals surface area contributed by atoms with Crippen LogP contribution in [0.1, 0.15) is 68.1 Å². The molecule has 0 radical (unpaired) electrons. The van der Waals surface area contributed by atoms with E-state index in [1.165, 1.54) is 31.2 Å². The zero-order valence-electron chi connectivity index (χ0n) is 17.6. The van der Waals surface area contributed by atoms with Gasteiger partial charge in [0.1, 0.15) is 0 Å². The van der Waals surface area contributed by atoms with Crippen molar-refractivity contribution < 1.29 is 12.6 Å². The van der Waals surface area contributed by atoms with Crippen molar-refractivity contribution in [2.75, 3.05) is 6.61 Å². The van der Waals surface area contributed by atoms with Crippen molar-refractivity contribution in [3.8, 4) is 0 Å². The Balaban J connectivity index is 1.37. The number of hydrogen-bond acceptors (Lipinski definition) is 3. The van der Waals surface area contributed by atoms with E-state index in [4.69, 9.17) is 4.18 Å². The molecule has 0 spiro atoms. The molecule has 1 fully saturated rings. The molecule has 0 aromatic heterocycles. The van der Waals surface area contributed by atoms with Gasteiger partial charge in [0.05, 0.1) is 11.5 Å². The summed E-state index contributed by atoms with van der Waals surface area (Å²) in [4.78, 5) is 0.247. The van der Waals surface area contributed by atoms with Gasteiger partial charge in [0.15, 0.2) is 0 Å². The lowest BCUT2D eigenvalue weighted by Gasteiger charge is -2.51. The lowest BCUT2D eigenvalue weighted by Crippen LogP contribution is -2.41. The van der Waals surface area contributed by atoms with Gasteiger partial charge in [0.2, 0.25) is 0 Å². The molecule has 29 heavy (non-hydrogen) atoms. The first-order valence-corrected chi connectivity index (χ1v) is 12.3. The Morgan fingerprint density at radius 2 is 1.83 bits per heavy atom.